The molecule has 4 nitrogen and oxygen atoms in total. The van der Waals surface area contributed by atoms with E-state index in [-0.39, 0.29) is 6.10 Å². The minimum atomic E-state index is -3.05. The molecule has 0 aromatic rings. The van der Waals surface area contributed by atoms with E-state index < -0.39 is 13.4 Å². The quantitative estimate of drug-likeness (QED) is 0.432. The fourth-order valence-corrected chi connectivity index (χ4v) is 2.91. The maximum atomic E-state index is 12.0. The molecule has 1 heterocycles. The molecule has 0 bridgehead atoms. The summed E-state index contributed by atoms with van der Waals surface area (Å²) in [5, 5.41) is 0. The smallest absolute Gasteiger partial charge is 0.358 e. The van der Waals surface area contributed by atoms with Gasteiger partial charge < -0.3 is 13.8 Å². The van der Waals surface area contributed by atoms with Crippen molar-refractivity contribution in [2.45, 2.75) is 32.2 Å². The summed E-state index contributed by atoms with van der Waals surface area (Å²) in [5.74, 6) is 0.00705. The third-order valence-electron chi connectivity index (χ3n) is 1.91. The van der Waals surface area contributed by atoms with Crippen LogP contribution in [0.5, 0.6) is 0 Å². The molecule has 1 fully saturated rings. The van der Waals surface area contributed by atoms with Gasteiger partial charge >= 0.3 is 7.60 Å². The summed E-state index contributed by atoms with van der Waals surface area (Å²) in [6.07, 6.45) is 0.640. The van der Waals surface area contributed by atoms with Gasteiger partial charge in [-0.15, -0.1) is 11.6 Å². The molecule has 14 heavy (non-hydrogen) atoms. The Bertz CT molecular complexity index is 223. The van der Waals surface area contributed by atoms with Crippen molar-refractivity contribution in [1.29, 1.82) is 0 Å². The molecule has 0 amide bonds. The highest BCUT2D eigenvalue weighted by atomic mass is 35.5. The van der Waals surface area contributed by atoms with Crippen LogP contribution in [0.25, 0.3) is 0 Å². The molecular formula is C8H16ClO4P. The largest absolute Gasteiger partial charge is 0.361 e. The Labute approximate surface area is 89.4 Å². The first kappa shape index (κ1) is 12.5. The summed E-state index contributed by atoms with van der Waals surface area (Å²) in [4.78, 5) is 0. The summed E-state index contributed by atoms with van der Waals surface area (Å²) in [6, 6.07) is 0. The monoisotopic (exact) mass is 242 g/mol. The third-order valence-corrected chi connectivity index (χ3v) is 4.24. The molecule has 0 saturated carbocycles. The van der Waals surface area contributed by atoms with Crippen molar-refractivity contribution in [2.75, 3.05) is 19.1 Å². The molecule has 0 aromatic heterocycles. The summed E-state index contributed by atoms with van der Waals surface area (Å²) in [6.45, 7) is 4.25. The Balaban J connectivity index is 2.43. The van der Waals surface area contributed by atoms with E-state index in [1.165, 1.54) is 0 Å². The molecule has 0 spiro atoms. The van der Waals surface area contributed by atoms with E-state index in [1.807, 2.05) is 6.92 Å². The molecule has 0 aromatic carbocycles. The van der Waals surface area contributed by atoms with Crippen LogP contribution in [0, 0.1) is 0 Å². The normalized spacial score (nSPS) is 38.5. The van der Waals surface area contributed by atoms with Crippen LogP contribution in [0.4, 0.5) is 0 Å². The van der Waals surface area contributed by atoms with E-state index in [1.54, 1.807) is 6.92 Å². The highest BCUT2D eigenvalue weighted by Crippen LogP contribution is 2.56. The average Bonchev–Trinajstić information content (AvgIpc) is 2.13. The van der Waals surface area contributed by atoms with Gasteiger partial charge in [-0.05, 0) is 20.3 Å². The molecule has 3 atom stereocenters. The van der Waals surface area contributed by atoms with E-state index in [4.69, 9.17) is 25.4 Å². The molecule has 0 radical (unpaired) electrons. The zero-order valence-electron chi connectivity index (χ0n) is 8.44. The maximum Gasteiger partial charge on any atom is 0.358 e. The Morgan fingerprint density at radius 2 is 2.29 bits per heavy atom. The maximum absolute atomic E-state index is 12.0. The lowest BCUT2D eigenvalue weighted by atomic mass is 10.4. The van der Waals surface area contributed by atoms with Crippen LogP contribution >= 0.6 is 19.2 Å². The van der Waals surface area contributed by atoms with Crippen LogP contribution < -0.4 is 0 Å². The highest BCUT2D eigenvalue weighted by molar-refractivity contribution is 7.54. The standard InChI is InChI=1S/C8H16ClO4P/c1-7-6-12-14(10,8(2)13-7)11-5-3-4-9/h7-8H,3-6H2,1-2H3. The first-order chi connectivity index (χ1) is 6.58. The van der Waals surface area contributed by atoms with Crippen molar-refractivity contribution in [3.8, 4) is 0 Å². The van der Waals surface area contributed by atoms with Gasteiger partial charge in [0.25, 0.3) is 0 Å². The SMILES string of the molecule is CC1COP(=O)(OCCCCl)C(C)O1. The molecule has 0 aliphatic carbocycles. The number of rotatable bonds is 4. The topological polar surface area (TPSA) is 44.8 Å². The number of ether oxygens (including phenoxy) is 1. The van der Waals surface area contributed by atoms with E-state index in [0.29, 0.717) is 25.5 Å². The van der Waals surface area contributed by atoms with Crippen LogP contribution in [0.1, 0.15) is 20.3 Å². The van der Waals surface area contributed by atoms with Gasteiger partial charge in [-0.25, -0.2) is 0 Å². The molecule has 1 saturated heterocycles. The Hall–Kier alpha value is 0.400. The first-order valence-corrected chi connectivity index (χ1v) is 6.83. The summed E-state index contributed by atoms with van der Waals surface area (Å²) in [7, 11) is -3.05. The van der Waals surface area contributed by atoms with Gasteiger partial charge in [-0.3, -0.25) is 4.57 Å². The molecule has 84 valence electrons. The predicted octanol–water partition coefficient (Wildman–Crippen LogP) is 2.61. The first-order valence-electron chi connectivity index (χ1n) is 4.68. The minimum absolute atomic E-state index is 0.0244. The van der Waals surface area contributed by atoms with Gasteiger partial charge in [-0.2, -0.15) is 0 Å². The number of alkyl halides is 1. The van der Waals surface area contributed by atoms with Crippen LogP contribution in [0.3, 0.4) is 0 Å². The van der Waals surface area contributed by atoms with E-state index >= 15 is 0 Å². The van der Waals surface area contributed by atoms with Crippen LogP contribution in [0.2, 0.25) is 0 Å². The van der Waals surface area contributed by atoms with Gasteiger partial charge in [0.05, 0.1) is 19.3 Å². The van der Waals surface area contributed by atoms with Gasteiger partial charge in [0.2, 0.25) is 0 Å². The summed E-state index contributed by atoms with van der Waals surface area (Å²) in [5.41, 5.74) is 0. The zero-order chi connectivity index (χ0) is 10.6. The number of halogens is 1. The average molecular weight is 243 g/mol. The highest BCUT2D eigenvalue weighted by Gasteiger charge is 2.38. The van der Waals surface area contributed by atoms with Crippen LogP contribution in [0.15, 0.2) is 0 Å². The van der Waals surface area contributed by atoms with E-state index in [9.17, 15) is 4.57 Å². The van der Waals surface area contributed by atoms with Gasteiger partial charge in [0.1, 0.15) is 0 Å². The Kier molecular flexibility index (Phi) is 4.88. The second kappa shape index (κ2) is 5.47. The van der Waals surface area contributed by atoms with Crippen molar-refractivity contribution >= 4 is 19.2 Å². The zero-order valence-corrected chi connectivity index (χ0v) is 10.1. The van der Waals surface area contributed by atoms with Gasteiger partial charge in [0, 0.05) is 5.88 Å². The fraction of sp³-hybridized carbons (Fsp3) is 1.00. The summed E-state index contributed by atoms with van der Waals surface area (Å²) < 4.78 is 27.8. The molecule has 1 rings (SSSR count). The Morgan fingerprint density at radius 1 is 1.57 bits per heavy atom. The lowest BCUT2D eigenvalue weighted by Gasteiger charge is -2.32. The van der Waals surface area contributed by atoms with E-state index in [2.05, 4.69) is 0 Å². The molecule has 1 aliphatic rings. The molecule has 1 aliphatic heterocycles. The summed E-state index contributed by atoms with van der Waals surface area (Å²) >= 11 is 5.48. The number of hydrogen-bond donors (Lipinski definition) is 0. The number of hydrogen-bond acceptors (Lipinski definition) is 4. The van der Waals surface area contributed by atoms with Crippen LogP contribution in [-0.4, -0.2) is 31.0 Å². The van der Waals surface area contributed by atoms with Crippen molar-refractivity contribution in [1.82, 2.24) is 0 Å². The van der Waals surface area contributed by atoms with Crippen molar-refractivity contribution in [3.63, 3.8) is 0 Å². The van der Waals surface area contributed by atoms with Crippen LogP contribution in [-0.2, 0) is 18.3 Å². The predicted molar refractivity (Wildman–Crippen MR) is 54.9 cm³/mol. The van der Waals surface area contributed by atoms with Gasteiger partial charge in [0.15, 0.2) is 5.85 Å². The lowest BCUT2D eigenvalue weighted by molar-refractivity contribution is -0.0337. The molecular weight excluding hydrogens is 227 g/mol. The van der Waals surface area contributed by atoms with Gasteiger partial charge in [-0.1, -0.05) is 0 Å². The third kappa shape index (κ3) is 3.21. The molecule has 6 heteroatoms. The van der Waals surface area contributed by atoms with Crippen molar-refractivity contribution in [3.05, 3.63) is 0 Å². The van der Waals surface area contributed by atoms with Crippen molar-refractivity contribution in [2.24, 2.45) is 0 Å². The van der Waals surface area contributed by atoms with E-state index in [0.717, 1.165) is 0 Å². The minimum Gasteiger partial charge on any atom is -0.361 e. The molecule has 0 N–H and O–H groups in total. The van der Waals surface area contributed by atoms with Crippen molar-refractivity contribution < 1.29 is 18.3 Å². The second-order valence-electron chi connectivity index (χ2n) is 3.26. The Morgan fingerprint density at radius 3 is 2.86 bits per heavy atom. The molecule has 3 unspecified atom stereocenters. The lowest BCUT2D eigenvalue weighted by Crippen LogP contribution is -2.29. The second-order valence-corrected chi connectivity index (χ2v) is 5.96. The fourth-order valence-electron chi connectivity index (χ4n) is 1.15.